The monoisotopic (exact) mass is 435 g/mol. The number of nitrogens with zero attached hydrogens (tertiary/aromatic N) is 3. The molecule has 0 amide bonds. The Labute approximate surface area is 198 Å². The van der Waals surface area contributed by atoms with Crippen molar-refractivity contribution in [3.8, 4) is 45.2 Å². The molecule has 160 valence electrons. The van der Waals surface area contributed by atoms with E-state index in [-0.39, 0.29) is 0 Å². The molecule has 0 bridgehead atoms. The number of aromatic nitrogens is 3. The van der Waals surface area contributed by atoms with Crippen molar-refractivity contribution in [1.82, 2.24) is 15.0 Å². The second kappa shape index (κ2) is 8.72. The predicted molar refractivity (Wildman–Crippen MR) is 139 cm³/mol. The summed E-state index contributed by atoms with van der Waals surface area (Å²) in [6.45, 7) is 0. The van der Waals surface area contributed by atoms with E-state index in [0.717, 1.165) is 39.3 Å². The second-order valence-corrected chi connectivity index (χ2v) is 8.15. The lowest BCUT2D eigenvalue weighted by atomic mass is 10.0. The molecule has 2 aromatic heterocycles. The summed E-state index contributed by atoms with van der Waals surface area (Å²) in [7, 11) is 0. The summed E-state index contributed by atoms with van der Waals surface area (Å²) < 4.78 is 0. The van der Waals surface area contributed by atoms with Gasteiger partial charge in [0.05, 0.1) is 17.1 Å². The Morgan fingerprint density at radius 1 is 0.441 bits per heavy atom. The van der Waals surface area contributed by atoms with Crippen molar-refractivity contribution in [2.75, 3.05) is 0 Å². The molecule has 2 heterocycles. The van der Waals surface area contributed by atoms with E-state index in [0.29, 0.717) is 5.82 Å². The Hall–Kier alpha value is -4.63. The van der Waals surface area contributed by atoms with Crippen molar-refractivity contribution in [3.63, 3.8) is 0 Å². The molecule has 0 aliphatic rings. The van der Waals surface area contributed by atoms with Gasteiger partial charge in [-0.1, -0.05) is 103 Å². The molecule has 6 aromatic rings. The minimum absolute atomic E-state index is 0.705. The second-order valence-electron chi connectivity index (χ2n) is 8.15. The Balaban J connectivity index is 1.51. The van der Waals surface area contributed by atoms with Crippen LogP contribution in [-0.4, -0.2) is 15.0 Å². The SMILES string of the molecule is c1ccc(-c2cc(-c3cccc4ccccc34)nc(-c3ccc(-c4ccccn4)cc3)n2)cc1. The van der Waals surface area contributed by atoms with Crippen LogP contribution < -0.4 is 0 Å². The maximum Gasteiger partial charge on any atom is 0.160 e. The molecule has 0 saturated carbocycles. The van der Waals surface area contributed by atoms with Gasteiger partial charge < -0.3 is 0 Å². The van der Waals surface area contributed by atoms with Gasteiger partial charge in [-0.05, 0) is 29.0 Å². The minimum atomic E-state index is 0.705. The summed E-state index contributed by atoms with van der Waals surface area (Å²) in [4.78, 5) is 14.4. The number of hydrogen-bond donors (Lipinski definition) is 0. The van der Waals surface area contributed by atoms with Gasteiger partial charge in [-0.3, -0.25) is 4.98 Å². The van der Waals surface area contributed by atoms with Crippen molar-refractivity contribution in [2.24, 2.45) is 0 Å². The first kappa shape index (κ1) is 20.0. The molecule has 34 heavy (non-hydrogen) atoms. The lowest BCUT2D eigenvalue weighted by molar-refractivity contribution is 1.18. The van der Waals surface area contributed by atoms with E-state index in [4.69, 9.17) is 9.97 Å². The van der Waals surface area contributed by atoms with Crippen LogP contribution in [0.25, 0.3) is 55.9 Å². The van der Waals surface area contributed by atoms with E-state index in [1.165, 1.54) is 10.8 Å². The summed E-state index contributed by atoms with van der Waals surface area (Å²) in [5, 5.41) is 2.38. The van der Waals surface area contributed by atoms with Crippen molar-refractivity contribution in [1.29, 1.82) is 0 Å². The van der Waals surface area contributed by atoms with Gasteiger partial charge in [-0.15, -0.1) is 0 Å². The third kappa shape index (κ3) is 3.84. The molecule has 4 aromatic carbocycles. The van der Waals surface area contributed by atoms with E-state index in [9.17, 15) is 0 Å². The summed E-state index contributed by atoms with van der Waals surface area (Å²) in [6, 6.07) is 41.4. The van der Waals surface area contributed by atoms with Crippen LogP contribution in [-0.2, 0) is 0 Å². The van der Waals surface area contributed by atoms with Crippen LogP contribution in [0, 0.1) is 0 Å². The van der Waals surface area contributed by atoms with E-state index in [1.807, 2.05) is 42.6 Å². The topological polar surface area (TPSA) is 38.7 Å². The number of benzene rings is 4. The number of pyridine rings is 1. The van der Waals surface area contributed by atoms with Gasteiger partial charge in [-0.25, -0.2) is 9.97 Å². The van der Waals surface area contributed by atoms with Crippen LogP contribution in [0.1, 0.15) is 0 Å². The molecule has 0 atom stereocenters. The minimum Gasteiger partial charge on any atom is -0.256 e. The molecule has 0 saturated heterocycles. The van der Waals surface area contributed by atoms with Crippen molar-refractivity contribution < 1.29 is 0 Å². The molecule has 0 spiro atoms. The first-order chi connectivity index (χ1) is 16.8. The Morgan fingerprint density at radius 2 is 1.12 bits per heavy atom. The lowest BCUT2D eigenvalue weighted by Crippen LogP contribution is -1.96. The summed E-state index contributed by atoms with van der Waals surface area (Å²) >= 11 is 0. The highest BCUT2D eigenvalue weighted by Crippen LogP contribution is 2.32. The van der Waals surface area contributed by atoms with Crippen LogP contribution >= 0.6 is 0 Å². The highest BCUT2D eigenvalue weighted by molar-refractivity contribution is 5.96. The third-order valence-corrected chi connectivity index (χ3v) is 5.97. The van der Waals surface area contributed by atoms with Crippen molar-refractivity contribution in [3.05, 3.63) is 128 Å². The summed E-state index contributed by atoms with van der Waals surface area (Å²) in [5.41, 5.74) is 6.97. The maximum atomic E-state index is 5.03. The summed E-state index contributed by atoms with van der Waals surface area (Å²) in [5.74, 6) is 0.705. The Morgan fingerprint density at radius 3 is 1.94 bits per heavy atom. The van der Waals surface area contributed by atoms with Gasteiger partial charge in [0.2, 0.25) is 0 Å². The number of hydrogen-bond acceptors (Lipinski definition) is 3. The molecule has 0 fully saturated rings. The fourth-order valence-corrected chi connectivity index (χ4v) is 4.24. The van der Waals surface area contributed by atoms with E-state index in [1.54, 1.807) is 0 Å². The van der Waals surface area contributed by atoms with Gasteiger partial charge in [0.15, 0.2) is 5.82 Å². The van der Waals surface area contributed by atoms with Gasteiger partial charge in [0.25, 0.3) is 0 Å². The maximum absolute atomic E-state index is 5.03. The standard InChI is InChI=1S/C31H21N3/c1-2-10-23(11-3-1)29-21-30(27-14-8-12-22-9-4-5-13-26(22)27)34-31(33-29)25-18-16-24(17-19-25)28-15-6-7-20-32-28/h1-21H. The van der Waals surface area contributed by atoms with Gasteiger partial charge >= 0.3 is 0 Å². The first-order valence-corrected chi connectivity index (χ1v) is 11.3. The highest BCUT2D eigenvalue weighted by atomic mass is 14.9. The average molecular weight is 436 g/mol. The molecule has 0 N–H and O–H groups in total. The molecule has 0 radical (unpaired) electrons. The zero-order valence-corrected chi connectivity index (χ0v) is 18.5. The largest absolute Gasteiger partial charge is 0.256 e. The first-order valence-electron chi connectivity index (χ1n) is 11.3. The van der Waals surface area contributed by atoms with Crippen molar-refractivity contribution in [2.45, 2.75) is 0 Å². The van der Waals surface area contributed by atoms with Crippen LogP contribution in [0.4, 0.5) is 0 Å². The molecule has 0 aliphatic carbocycles. The third-order valence-electron chi connectivity index (χ3n) is 5.97. The molecule has 0 aliphatic heterocycles. The Bertz CT molecular complexity index is 1570. The van der Waals surface area contributed by atoms with E-state index in [2.05, 4.69) is 89.9 Å². The number of rotatable bonds is 4. The summed E-state index contributed by atoms with van der Waals surface area (Å²) in [6.07, 6.45) is 1.81. The van der Waals surface area contributed by atoms with E-state index >= 15 is 0 Å². The molecule has 3 nitrogen and oxygen atoms in total. The van der Waals surface area contributed by atoms with Crippen LogP contribution in [0.2, 0.25) is 0 Å². The normalized spacial score (nSPS) is 10.9. The molecule has 3 heteroatoms. The van der Waals surface area contributed by atoms with E-state index < -0.39 is 0 Å². The average Bonchev–Trinajstić information content (AvgIpc) is 2.93. The number of fused-ring (bicyclic) bond motifs is 1. The molecular weight excluding hydrogens is 414 g/mol. The van der Waals surface area contributed by atoms with Crippen LogP contribution in [0.5, 0.6) is 0 Å². The zero-order valence-electron chi connectivity index (χ0n) is 18.5. The highest BCUT2D eigenvalue weighted by Gasteiger charge is 2.12. The predicted octanol–water partition coefficient (Wildman–Crippen LogP) is 7.69. The Kier molecular flexibility index (Phi) is 5.13. The van der Waals surface area contributed by atoms with Gasteiger partial charge in [0, 0.05) is 28.5 Å². The smallest absolute Gasteiger partial charge is 0.160 e. The van der Waals surface area contributed by atoms with Crippen LogP contribution in [0.15, 0.2) is 128 Å². The van der Waals surface area contributed by atoms with Crippen molar-refractivity contribution >= 4 is 10.8 Å². The molecule has 6 rings (SSSR count). The van der Waals surface area contributed by atoms with Gasteiger partial charge in [-0.2, -0.15) is 0 Å². The fourth-order valence-electron chi connectivity index (χ4n) is 4.24. The molecule has 0 unspecified atom stereocenters. The lowest BCUT2D eigenvalue weighted by Gasteiger charge is -2.11. The molecular formula is C31H21N3. The zero-order chi connectivity index (χ0) is 22.7. The quantitative estimate of drug-likeness (QED) is 0.285. The van der Waals surface area contributed by atoms with Crippen LogP contribution in [0.3, 0.4) is 0 Å². The van der Waals surface area contributed by atoms with Gasteiger partial charge in [0.1, 0.15) is 0 Å². The fraction of sp³-hybridized carbons (Fsp3) is 0.